The average molecular weight is 470 g/mol. The van der Waals surface area contributed by atoms with Crippen molar-refractivity contribution in [2.24, 2.45) is 0 Å². The molecular weight excluding hydrogens is 445 g/mol. The summed E-state index contributed by atoms with van der Waals surface area (Å²) >= 11 is 0. The first-order chi connectivity index (χ1) is 16.1. The van der Waals surface area contributed by atoms with E-state index in [-0.39, 0.29) is 23.6 Å². The minimum Gasteiger partial charge on any atom is -0.334 e. The molecule has 0 aliphatic rings. The van der Waals surface area contributed by atoms with Crippen LogP contribution in [0.5, 0.6) is 0 Å². The molecule has 0 aliphatic carbocycles. The van der Waals surface area contributed by atoms with Crippen molar-refractivity contribution < 1.29 is 18.0 Å². The van der Waals surface area contributed by atoms with Gasteiger partial charge in [-0.1, -0.05) is 38.1 Å². The molecular formula is C24H25F3N6O. The predicted molar refractivity (Wildman–Crippen MR) is 121 cm³/mol. The largest absolute Gasteiger partial charge is 0.433 e. The van der Waals surface area contributed by atoms with Crippen LogP contribution in [0.2, 0.25) is 0 Å². The number of aryl methyl sites for hydroxylation is 1. The number of carbonyl (C=O) groups is 1. The van der Waals surface area contributed by atoms with Gasteiger partial charge in [-0.25, -0.2) is 9.50 Å². The number of aromatic nitrogens is 5. The fraction of sp³-hybridized carbons (Fsp3) is 0.333. The summed E-state index contributed by atoms with van der Waals surface area (Å²) in [5, 5.41) is 8.28. The van der Waals surface area contributed by atoms with Crippen molar-refractivity contribution in [2.75, 3.05) is 7.05 Å². The molecule has 3 aromatic heterocycles. The zero-order chi connectivity index (χ0) is 24.6. The fourth-order valence-electron chi connectivity index (χ4n) is 3.64. The Kier molecular flexibility index (Phi) is 6.16. The van der Waals surface area contributed by atoms with E-state index in [9.17, 15) is 18.0 Å². The van der Waals surface area contributed by atoms with Gasteiger partial charge in [0.1, 0.15) is 0 Å². The van der Waals surface area contributed by atoms with Gasteiger partial charge in [-0.15, -0.1) is 0 Å². The van der Waals surface area contributed by atoms with Crippen LogP contribution in [0.25, 0.3) is 16.9 Å². The van der Waals surface area contributed by atoms with Crippen LogP contribution in [-0.4, -0.2) is 42.2 Å². The summed E-state index contributed by atoms with van der Waals surface area (Å²) in [5.41, 5.74) is 1.28. The third kappa shape index (κ3) is 4.66. The Morgan fingerprint density at radius 1 is 1.09 bits per heavy atom. The highest BCUT2D eigenvalue weighted by atomic mass is 19.4. The molecule has 1 aromatic carbocycles. The molecule has 7 nitrogen and oxygen atoms in total. The van der Waals surface area contributed by atoms with Crippen LogP contribution in [0, 0.1) is 0 Å². The Hall–Kier alpha value is -3.69. The van der Waals surface area contributed by atoms with Gasteiger partial charge in [0, 0.05) is 31.4 Å². The molecule has 3 heterocycles. The van der Waals surface area contributed by atoms with Gasteiger partial charge in [0.15, 0.2) is 17.0 Å². The second kappa shape index (κ2) is 8.92. The van der Waals surface area contributed by atoms with E-state index in [1.165, 1.54) is 11.0 Å². The number of carbonyl (C=O) groups excluding carboxylic acids is 1. The first-order valence-electron chi connectivity index (χ1n) is 10.9. The summed E-state index contributed by atoms with van der Waals surface area (Å²) in [6.07, 6.45) is -2.88. The third-order valence-electron chi connectivity index (χ3n) is 5.58. The molecule has 1 amide bonds. The quantitative estimate of drug-likeness (QED) is 0.397. The van der Waals surface area contributed by atoms with Crippen LogP contribution < -0.4 is 0 Å². The van der Waals surface area contributed by atoms with E-state index in [2.05, 4.69) is 15.2 Å². The molecule has 0 unspecified atom stereocenters. The van der Waals surface area contributed by atoms with Crippen molar-refractivity contribution in [1.82, 2.24) is 29.3 Å². The van der Waals surface area contributed by atoms with Crippen LogP contribution in [0.15, 0.2) is 48.7 Å². The van der Waals surface area contributed by atoms with Gasteiger partial charge in [0.05, 0.1) is 17.9 Å². The van der Waals surface area contributed by atoms with Crippen LogP contribution in [0.1, 0.15) is 54.1 Å². The zero-order valence-corrected chi connectivity index (χ0v) is 19.3. The Morgan fingerprint density at radius 2 is 1.79 bits per heavy atom. The van der Waals surface area contributed by atoms with Gasteiger partial charge < -0.3 is 4.90 Å². The van der Waals surface area contributed by atoms with Gasteiger partial charge in [0.25, 0.3) is 5.91 Å². The zero-order valence-electron chi connectivity index (χ0n) is 19.3. The lowest BCUT2D eigenvalue weighted by molar-refractivity contribution is -0.142. The van der Waals surface area contributed by atoms with E-state index in [1.807, 2.05) is 32.9 Å². The van der Waals surface area contributed by atoms with Crippen molar-refractivity contribution in [3.05, 3.63) is 71.3 Å². The number of benzene rings is 1. The fourth-order valence-corrected chi connectivity index (χ4v) is 3.64. The molecule has 178 valence electrons. The highest BCUT2D eigenvalue weighted by Gasteiger charge is 2.36. The average Bonchev–Trinajstić information content (AvgIpc) is 3.43. The minimum atomic E-state index is -4.68. The second-order valence-electron chi connectivity index (χ2n) is 8.42. The van der Waals surface area contributed by atoms with Gasteiger partial charge in [0.2, 0.25) is 0 Å². The van der Waals surface area contributed by atoms with E-state index >= 15 is 0 Å². The van der Waals surface area contributed by atoms with Gasteiger partial charge >= 0.3 is 6.18 Å². The maximum absolute atomic E-state index is 13.9. The molecule has 0 aliphatic heterocycles. The molecule has 0 saturated heterocycles. The molecule has 34 heavy (non-hydrogen) atoms. The van der Waals surface area contributed by atoms with Crippen molar-refractivity contribution in [3.8, 4) is 11.3 Å². The van der Waals surface area contributed by atoms with Crippen LogP contribution >= 0.6 is 0 Å². The van der Waals surface area contributed by atoms with Crippen LogP contribution in [0.3, 0.4) is 0 Å². The van der Waals surface area contributed by atoms with Gasteiger partial charge in [-0.3, -0.25) is 9.48 Å². The maximum atomic E-state index is 13.9. The number of fused-ring (bicyclic) bond motifs is 1. The normalized spacial score (nSPS) is 12.0. The first kappa shape index (κ1) is 23.5. The number of hydrogen-bond donors (Lipinski definition) is 0. The lowest BCUT2D eigenvalue weighted by Crippen LogP contribution is -2.27. The predicted octanol–water partition coefficient (Wildman–Crippen LogP) is 5.03. The molecule has 4 rings (SSSR count). The van der Waals surface area contributed by atoms with E-state index < -0.39 is 17.8 Å². The van der Waals surface area contributed by atoms with E-state index in [0.717, 1.165) is 11.6 Å². The summed E-state index contributed by atoms with van der Waals surface area (Å²) in [5.74, 6) is -0.223. The number of amides is 1. The number of halogens is 3. The lowest BCUT2D eigenvalue weighted by Gasteiger charge is -2.14. The highest BCUT2D eigenvalue weighted by molar-refractivity contribution is 5.93. The van der Waals surface area contributed by atoms with Crippen LogP contribution in [-0.2, 0) is 19.3 Å². The SMILES string of the molecule is CCn1ccc(CN(C)C(=O)c2cc3nc(-c4ccc(C(C)C)cc4)cc(C(F)(F)F)n3n2)n1. The van der Waals surface area contributed by atoms with Crippen LogP contribution in [0.4, 0.5) is 13.2 Å². The molecule has 0 N–H and O–H groups in total. The molecule has 0 radical (unpaired) electrons. The van der Waals surface area contributed by atoms with Crippen molar-refractivity contribution in [3.63, 3.8) is 0 Å². The topological polar surface area (TPSA) is 68.3 Å². The Balaban J connectivity index is 1.70. The van der Waals surface area contributed by atoms with Crippen molar-refractivity contribution >= 4 is 11.6 Å². The standard InChI is InChI=1S/C24H25F3N6O/c1-5-32-11-10-18(29-32)14-31(4)23(34)20-13-22-28-19(12-21(24(25,26)27)33(22)30-20)17-8-6-16(7-9-17)15(2)3/h6-13,15H,5,14H2,1-4H3. The summed E-state index contributed by atoms with van der Waals surface area (Å²) in [4.78, 5) is 18.7. The first-order valence-corrected chi connectivity index (χ1v) is 10.9. The number of nitrogens with zero attached hydrogens (tertiary/aromatic N) is 6. The molecule has 0 spiro atoms. The molecule has 0 atom stereocenters. The van der Waals surface area contributed by atoms with Crippen molar-refractivity contribution in [2.45, 2.75) is 46.0 Å². The molecule has 0 saturated carbocycles. The van der Waals surface area contributed by atoms with Crippen molar-refractivity contribution in [1.29, 1.82) is 0 Å². The minimum absolute atomic E-state index is 0.0511. The second-order valence-corrected chi connectivity index (χ2v) is 8.42. The van der Waals surface area contributed by atoms with Gasteiger partial charge in [-0.2, -0.15) is 23.4 Å². The summed E-state index contributed by atoms with van der Waals surface area (Å²) < 4.78 is 44.1. The Morgan fingerprint density at radius 3 is 2.38 bits per heavy atom. The number of alkyl halides is 3. The summed E-state index contributed by atoms with van der Waals surface area (Å²) in [6, 6.07) is 11.3. The summed E-state index contributed by atoms with van der Waals surface area (Å²) in [7, 11) is 1.55. The summed E-state index contributed by atoms with van der Waals surface area (Å²) in [6.45, 7) is 6.92. The molecule has 0 bridgehead atoms. The Labute approximate surface area is 194 Å². The van der Waals surface area contributed by atoms with E-state index in [0.29, 0.717) is 28.2 Å². The molecule has 4 aromatic rings. The number of rotatable bonds is 6. The van der Waals surface area contributed by atoms with E-state index in [1.54, 1.807) is 36.1 Å². The third-order valence-corrected chi connectivity index (χ3v) is 5.58. The Bertz CT molecular complexity index is 1320. The smallest absolute Gasteiger partial charge is 0.334 e. The highest BCUT2D eigenvalue weighted by Crippen LogP contribution is 2.32. The number of hydrogen-bond acceptors (Lipinski definition) is 4. The van der Waals surface area contributed by atoms with E-state index in [4.69, 9.17) is 0 Å². The lowest BCUT2D eigenvalue weighted by atomic mass is 10.0. The van der Waals surface area contributed by atoms with Gasteiger partial charge in [-0.05, 0) is 30.5 Å². The molecule has 10 heteroatoms. The molecule has 0 fully saturated rings. The monoisotopic (exact) mass is 470 g/mol. The maximum Gasteiger partial charge on any atom is 0.433 e.